The molecule has 0 bridgehead atoms. The van der Waals surface area contributed by atoms with Gasteiger partial charge in [0.1, 0.15) is 5.82 Å². The van der Waals surface area contributed by atoms with Crippen molar-refractivity contribution in [3.63, 3.8) is 0 Å². The Balaban J connectivity index is 2.10. The smallest absolute Gasteiger partial charge is 0.305 e. The monoisotopic (exact) mass is 363 g/mol. The SMILES string of the molecule is Cn1c(=O)c(=O)n(C)c2cc(NS(=O)(=O)c3ccc(F)cc3)ccc21. The van der Waals surface area contributed by atoms with Gasteiger partial charge in [-0.3, -0.25) is 14.3 Å². The molecule has 1 aromatic heterocycles. The Bertz CT molecular complexity index is 1200. The summed E-state index contributed by atoms with van der Waals surface area (Å²) in [5.74, 6) is -0.541. The molecule has 0 saturated heterocycles. The molecule has 25 heavy (non-hydrogen) atoms. The van der Waals surface area contributed by atoms with E-state index in [9.17, 15) is 22.4 Å². The Morgan fingerprint density at radius 3 is 2.04 bits per heavy atom. The molecular formula is C16H14FN3O4S. The van der Waals surface area contributed by atoms with Crippen LogP contribution in [-0.2, 0) is 24.1 Å². The van der Waals surface area contributed by atoms with Crippen LogP contribution in [0.3, 0.4) is 0 Å². The summed E-state index contributed by atoms with van der Waals surface area (Å²) < 4.78 is 42.4. The minimum absolute atomic E-state index is 0.0941. The van der Waals surface area contributed by atoms with Crippen LogP contribution in [0.2, 0.25) is 0 Å². The van der Waals surface area contributed by atoms with E-state index >= 15 is 0 Å². The Hall–Kier alpha value is -2.94. The highest BCUT2D eigenvalue weighted by Crippen LogP contribution is 2.20. The van der Waals surface area contributed by atoms with E-state index in [1.807, 2.05) is 0 Å². The number of hydrogen-bond acceptors (Lipinski definition) is 4. The zero-order valence-electron chi connectivity index (χ0n) is 13.4. The van der Waals surface area contributed by atoms with Gasteiger partial charge < -0.3 is 9.13 Å². The van der Waals surface area contributed by atoms with E-state index < -0.39 is 27.0 Å². The molecule has 0 saturated carbocycles. The first-order valence-electron chi connectivity index (χ1n) is 7.19. The number of anilines is 1. The van der Waals surface area contributed by atoms with Crippen molar-refractivity contribution in [2.24, 2.45) is 14.1 Å². The number of aromatic nitrogens is 2. The Kier molecular flexibility index (Phi) is 3.96. The number of nitrogens with one attached hydrogen (secondary N) is 1. The molecule has 0 aliphatic rings. The summed E-state index contributed by atoms with van der Waals surface area (Å²) in [7, 11) is -1.01. The number of fused-ring (bicyclic) bond motifs is 1. The highest BCUT2D eigenvalue weighted by molar-refractivity contribution is 7.92. The van der Waals surface area contributed by atoms with E-state index in [1.165, 1.54) is 30.8 Å². The highest BCUT2D eigenvalue weighted by Gasteiger charge is 2.15. The first kappa shape index (κ1) is 16.9. The average Bonchev–Trinajstić information content (AvgIpc) is 2.58. The number of halogens is 1. The minimum atomic E-state index is -3.91. The van der Waals surface area contributed by atoms with E-state index in [2.05, 4.69) is 4.72 Å². The summed E-state index contributed by atoms with van der Waals surface area (Å²) in [6.45, 7) is 0. The van der Waals surface area contributed by atoms with Gasteiger partial charge in [0.25, 0.3) is 10.0 Å². The van der Waals surface area contributed by atoms with E-state index in [-0.39, 0.29) is 10.6 Å². The fraction of sp³-hybridized carbons (Fsp3) is 0.125. The number of hydrogen-bond donors (Lipinski definition) is 1. The van der Waals surface area contributed by atoms with Gasteiger partial charge in [-0.2, -0.15) is 0 Å². The fourth-order valence-electron chi connectivity index (χ4n) is 2.47. The number of nitrogens with zero attached hydrogens (tertiary/aromatic N) is 2. The van der Waals surface area contributed by atoms with Crippen LogP contribution in [0, 0.1) is 5.82 Å². The zero-order chi connectivity index (χ0) is 18.4. The molecule has 0 fully saturated rings. The Morgan fingerprint density at radius 2 is 1.44 bits per heavy atom. The van der Waals surface area contributed by atoms with Crippen molar-refractivity contribution in [2.45, 2.75) is 4.90 Å². The molecule has 7 nitrogen and oxygen atoms in total. The third-order valence-electron chi connectivity index (χ3n) is 3.87. The number of aryl methyl sites for hydroxylation is 2. The predicted molar refractivity (Wildman–Crippen MR) is 91.6 cm³/mol. The molecule has 0 aliphatic carbocycles. The van der Waals surface area contributed by atoms with Crippen molar-refractivity contribution in [1.82, 2.24) is 9.13 Å². The van der Waals surface area contributed by atoms with Crippen molar-refractivity contribution >= 4 is 26.7 Å². The largest absolute Gasteiger partial charge is 0.316 e. The average molecular weight is 363 g/mol. The van der Waals surface area contributed by atoms with Crippen molar-refractivity contribution in [1.29, 1.82) is 0 Å². The molecule has 0 amide bonds. The fourth-order valence-corrected chi connectivity index (χ4v) is 3.52. The third kappa shape index (κ3) is 2.93. The quantitative estimate of drug-likeness (QED) is 0.708. The Labute approximate surface area is 142 Å². The van der Waals surface area contributed by atoms with Crippen LogP contribution in [-0.4, -0.2) is 17.6 Å². The van der Waals surface area contributed by atoms with Gasteiger partial charge >= 0.3 is 11.1 Å². The van der Waals surface area contributed by atoms with Crippen LogP contribution in [0.15, 0.2) is 56.9 Å². The second kappa shape index (κ2) is 5.85. The van der Waals surface area contributed by atoms with Gasteiger partial charge in [-0.25, -0.2) is 12.8 Å². The molecule has 0 radical (unpaired) electrons. The topological polar surface area (TPSA) is 90.2 Å². The van der Waals surface area contributed by atoms with Gasteiger partial charge in [-0.05, 0) is 42.5 Å². The Morgan fingerprint density at radius 1 is 0.880 bits per heavy atom. The molecule has 0 spiro atoms. The van der Waals surface area contributed by atoms with Crippen molar-refractivity contribution in [2.75, 3.05) is 4.72 Å². The van der Waals surface area contributed by atoms with Crippen LogP contribution in [0.25, 0.3) is 11.0 Å². The summed E-state index contributed by atoms with van der Waals surface area (Å²) in [4.78, 5) is 23.6. The predicted octanol–water partition coefficient (Wildman–Crippen LogP) is 1.18. The lowest BCUT2D eigenvalue weighted by Gasteiger charge is -2.12. The maximum atomic E-state index is 13.0. The van der Waals surface area contributed by atoms with Gasteiger partial charge in [0.2, 0.25) is 0 Å². The van der Waals surface area contributed by atoms with Crippen molar-refractivity contribution in [3.05, 3.63) is 69.0 Å². The maximum Gasteiger partial charge on any atom is 0.316 e. The normalized spacial score (nSPS) is 11.6. The highest BCUT2D eigenvalue weighted by atomic mass is 32.2. The molecule has 3 aromatic rings. The van der Waals surface area contributed by atoms with Crippen LogP contribution in [0.4, 0.5) is 10.1 Å². The molecule has 9 heteroatoms. The van der Waals surface area contributed by atoms with Crippen LogP contribution < -0.4 is 15.8 Å². The summed E-state index contributed by atoms with van der Waals surface area (Å²) in [6, 6.07) is 8.88. The molecule has 0 unspecified atom stereocenters. The lowest BCUT2D eigenvalue weighted by Crippen LogP contribution is -2.39. The van der Waals surface area contributed by atoms with Crippen LogP contribution in [0.5, 0.6) is 0 Å². The van der Waals surface area contributed by atoms with Crippen LogP contribution >= 0.6 is 0 Å². The number of benzene rings is 2. The standard InChI is InChI=1S/C16H14FN3O4S/c1-19-13-8-5-11(9-14(13)20(2)16(22)15(19)21)18-25(23,24)12-6-3-10(17)4-7-12/h3-9,18H,1-2H3. The van der Waals surface area contributed by atoms with Gasteiger partial charge in [-0.1, -0.05) is 0 Å². The summed E-state index contributed by atoms with van der Waals surface area (Å²) in [5, 5.41) is 0. The molecule has 130 valence electrons. The first-order chi connectivity index (χ1) is 11.7. The second-order valence-electron chi connectivity index (χ2n) is 5.49. The second-order valence-corrected chi connectivity index (χ2v) is 7.17. The molecule has 2 aromatic carbocycles. The lowest BCUT2D eigenvalue weighted by molar-refractivity contribution is 0.599. The first-order valence-corrected chi connectivity index (χ1v) is 8.67. The summed E-state index contributed by atoms with van der Waals surface area (Å²) in [6.07, 6.45) is 0. The van der Waals surface area contributed by atoms with E-state index in [0.717, 1.165) is 28.8 Å². The number of sulfonamides is 1. The van der Waals surface area contributed by atoms with Gasteiger partial charge in [-0.15, -0.1) is 0 Å². The molecule has 1 heterocycles. The molecule has 1 N–H and O–H groups in total. The van der Waals surface area contributed by atoms with Gasteiger partial charge in [0.15, 0.2) is 0 Å². The van der Waals surface area contributed by atoms with Crippen molar-refractivity contribution < 1.29 is 12.8 Å². The number of rotatable bonds is 3. The maximum absolute atomic E-state index is 13.0. The molecule has 0 atom stereocenters. The van der Waals surface area contributed by atoms with E-state index in [1.54, 1.807) is 6.07 Å². The zero-order valence-corrected chi connectivity index (χ0v) is 14.2. The van der Waals surface area contributed by atoms with Crippen molar-refractivity contribution in [3.8, 4) is 0 Å². The summed E-state index contributed by atoms with van der Waals surface area (Å²) in [5.41, 5.74) is -0.295. The summed E-state index contributed by atoms with van der Waals surface area (Å²) >= 11 is 0. The van der Waals surface area contributed by atoms with E-state index in [4.69, 9.17) is 0 Å². The lowest BCUT2D eigenvalue weighted by atomic mass is 10.2. The minimum Gasteiger partial charge on any atom is -0.305 e. The molecule has 0 aliphatic heterocycles. The van der Waals surface area contributed by atoms with Gasteiger partial charge in [0, 0.05) is 14.1 Å². The van der Waals surface area contributed by atoms with Gasteiger partial charge in [0.05, 0.1) is 21.6 Å². The van der Waals surface area contributed by atoms with Crippen LogP contribution in [0.1, 0.15) is 0 Å². The third-order valence-corrected chi connectivity index (χ3v) is 5.26. The molecule has 3 rings (SSSR count). The molecular weight excluding hydrogens is 349 g/mol. The van der Waals surface area contributed by atoms with E-state index in [0.29, 0.717) is 11.0 Å².